The van der Waals surface area contributed by atoms with Gasteiger partial charge in [0.15, 0.2) is 11.5 Å². The van der Waals surface area contributed by atoms with Gasteiger partial charge in [0.25, 0.3) is 10.0 Å². The van der Waals surface area contributed by atoms with Crippen LogP contribution >= 0.6 is 0 Å². The molecule has 0 aliphatic rings. The van der Waals surface area contributed by atoms with Crippen LogP contribution in [0.15, 0.2) is 82.8 Å². The number of nitrogens with zero attached hydrogens (tertiary/aromatic N) is 2. The van der Waals surface area contributed by atoms with Crippen LogP contribution in [0.4, 0.5) is 5.69 Å². The van der Waals surface area contributed by atoms with E-state index in [0.29, 0.717) is 11.5 Å². The molecule has 0 saturated carbocycles. The molecule has 8 heteroatoms. The summed E-state index contributed by atoms with van der Waals surface area (Å²) in [5.74, 6) is 0.773. The van der Waals surface area contributed by atoms with Crippen molar-refractivity contribution in [3.05, 3.63) is 83.9 Å². The van der Waals surface area contributed by atoms with Gasteiger partial charge in [0.05, 0.1) is 25.3 Å². The highest BCUT2D eigenvalue weighted by Gasteiger charge is 2.16. The van der Waals surface area contributed by atoms with E-state index in [9.17, 15) is 8.42 Å². The monoisotopic (exact) mass is 453 g/mol. The molecule has 7 nitrogen and oxygen atoms in total. The summed E-state index contributed by atoms with van der Waals surface area (Å²) in [6, 6.07) is 22.4. The molecule has 0 radical (unpaired) electrons. The third-order valence-electron chi connectivity index (χ3n) is 4.91. The third-order valence-corrected chi connectivity index (χ3v) is 6.13. The van der Waals surface area contributed by atoms with E-state index in [1.807, 2.05) is 42.5 Å². The van der Waals surface area contributed by atoms with Gasteiger partial charge in [0.2, 0.25) is 0 Å². The Hall–Kier alpha value is -3.52. The molecular weight excluding hydrogens is 426 g/mol. The van der Waals surface area contributed by atoms with Gasteiger partial charge in [-0.15, -0.1) is 0 Å². The predicted molar refractivity (Wildman–Crippen MR) is 127 cm³/mol. The van der Waals surface area contributed by atoms with E-state index in [1.54, 1.807) is 0 Å². The van der Waals surface area contributed by atoms with Gasteiger partial charge >= 0.3 is 0 Å². The Bertz CT molecular complexity index is 1150. The SMILES string of the molecule is CCN(Cc1ccccc1)c1ccc(/C=N/NS(=O)(=O)c2ccc(OC)c(OC)c2)cc1. The fourth-order valence-corrected chi connectivity index (χ4v) is 3.97. The van der Waals surface area contributed by atoms with Crippen molar-refractivity contribution >= 4 is 21.9 Å². The zero-order chi connectivity index (χ0) is 23.0. The second-order valence-corrected chi connectivity index (χ2v) is 8.62. The van der Waals surface area contributed by atoms with Crippen LogP contribution in [0.1, 0.15) is 18.1 Å². The molecule has 0 spiro atoms. The van der Waals surface area contributed by atoms with Crippen LogP contribution < -0.4 is 19.2 Å². The normalized spacial score (nSPS) is 11.3. The number of nitrogens with one attached hydrogen (secondary N) is 1. The summed E-state index contributed by atoms with van der Waals surface area (Å²) in [5, 5.41) is 3.90. The number of ether oxygens (including phenoxy) is 2. The van der Waals surface area contributed by atoms with E-state index in [4.69, 9.17) is 9.47 Å². The van der Waals surface area contributed by atoms with Gasteiger partial charge in [0, 0.05) is 24.8 Å². The first-order valence-corrected chi connectivity index (χ1v) is 11.6. The molecule has 0 amide bonds. The first kappa shape index (κ1) is 23.1. The molecular formula is C24H27N3O4S. The Morgan fingerprint density at radius 3 is 2.25 bits per heavy atom. The molecule has 0 aliphatic heterocycles. The topological polar surface area (TPSA) is 80.2 Å². The van der Waals surface area contributed by atoms with Crippen molar-refractivity contribution in [1.29, 1.82) is 0 Å². The summed E-state index contributed by atoms with van der Waals surface area (Å²) in [5.41, 5.74) is 3.10. The van der Waals surface area contributed by atoms with E-state index in [1.165, 1.54) is 44.2 Å². The largest absolute Gasteiger partial charge is 0.493 e. The van der Waals surface area contributed by atoms with Crippen molar-refractivity contribution in [2.75, 3.05) is 25.7 Å². The van der Waals surface area contributed by atoms with Crippen LogP contribution in [-0.2, 0) is 16.6 Å². The molecule has 0 heterocycles. The van der Waals surface area contributed by atoms with Crippen molar-refractivity contribution < 1.29 is 17.9 Å². The zero-order valence-corrected chi connectivity index (χ0v) is 19.2. The number of hydrogen-bond acceptors (Lipinski definition) is 6. The summed E-state index contributed by atoms with van der Waals surface area (Å²) in [7, 11) is -0.905. The molecule has 0 aromatic heterocycles. The van der Waals surface area contributed by atoms with Crippen molar-refractivity contribution in [2.24, 2.45) is 5.10 Å². The van der Waals surface area contributed by atoms with Gasteiger partial charge in [-0.1, -0.05) is 42.5 Å². The first-order chi connectivity index (χ1) is 15.5. The van der Waals surface area contributed by atoms with Crippen LogP contribution in [0.25, 0.3) is 0 Å². The molecule has 0 atom stereocenters. The fraction of sp³-hybridized carbons (Fsp3) is 0.208. The van der Waals surface area contributed by atoms with E-state index in [-0.39, 0.29) is 4.90 Å². The van der Waals surface area contributed by atoms with Crippen molar-refractivity contribution in [3.63, 3.8) is 0 Å². The summed E-state index contributed by atoms with van der Waals surface area (Å²) in [6.07, 6.45) is 1.47. The second kappa shape index (κ2) is 10.7. The molecule has 0 unspecified atom stereocenters. The highest BCUT2D eigenvalue weighted by atomic mass is 32.2. The number of anilines is 1. The quantitative estimate of drug-likeness (QED) is 0.370. The molecule has 0 fully saturated rings. The molecule has 1 N–H and O–H groups in total. The number of sulfonamides is 1. The number of benzene rings is 3. The average molecular weight is 454 g/mol. The number of rotatable bonds is 10. The van der Waals surface area contributed by atoms with Crippen molar-refractivity contribution in [2.45, 2.75) is 18.4 Å². The fourth-order valence-electron chi connectivity index (χ4n) is 3.17. The third kappa shape index (κ3) is 5.79. The highest BCUT2D eigenvalue weighted by Crippen LogP contribution is 2.29. The standard InChI is InChI=1S/C24H27N3O4S/c1-4-27(18-20-8-6-5-7-9-20)21-12-10-19(11-13-21)17-25-26-32(28,29)22-14-15-23(30-2)24(16-22)31-3/h5-17,26H,4,18H2,1-3H3/b25-17+. The Balaban J connectivity index is 1.66. The Morgan fingerprint density at radius 2 is 1.62 bits per heavy atom. The summed E-state index contributed by atoms with van der Waals surface area (Å²) >= 11 is 0. The van der Waals surface area contributed by atoms with E-state index in [0.717, 1.165) is 24.3 Å². The van der Waals surface area contributed by atoms with Gasteiger partial charge in [-0.05, 0) is 42.3 Å². The highest BCUT2D eigenvalue weighted by molar-refractivity contribution is 7.89. The lowest BCUT2D eigenvalue weighted by atomic mass is 10.1. The molecule has 0 aliphatic carbocycles. The van der Waals surface area contributed by atoms with Gasteiger partial charge in [-0.25, -0.2) is 4.83 Å². The van der Waals surface area contributed by atoms with Crippen LogP contribution in [0, 0.1) is 0 Å². The maximum Gasteiger partial charge on any atom is 0.276 e. The molecule has 3 rings (SSSR count). The summed E-state index contributed by atoms with van der Waals surface area (Å²) < 4.78 is 35.3. The Labute approximate surface area is 189 Å². The molecule has 3 aromatic rings. The van der Waals surface area contributed by atoms with Gasteiger partial charge in [0.1, 0.15) is 0 Å². The van der Waals surface area contributed by atoms with Gasteiger partial charge in [-0.2, -0.15) is 13.5 Å². The van der Waals surface area contributed by atoms with Crippen molar-refractivity contribution in [1.82, 2.24) is 4.83 Å². The molecule has 3 aromatic carbocycles. The van der Waals surface area contributed by atoms with E-state index < -0.39 is 10.0 Å². The van der Waals surface area contributed by atoms with Gasteiger partial charge in [-0.3, -0.25) is 0 Å². The lowest BCUT2D eigenvalue weighted by Gasteiger charge is -2.23. The Kier molecular flexibility index (Phi) is 7.72. The number of hydrazone groups is 1. The average Bonchev–Trinajstić information content (AvgIpc) is 2.83. The lowest BCUT2D eigenvalue weighted by molar-refractivity contribution is 0.354. The first-order valence-electron chi connectivity index (χ1n) is 10.1. The smallest absolute Gasteiger partial charge is 0.276 e. The summed E-state index contributed by atoms with van der Waals surface area (Å²) in [4.78, 5) is 4.52. The Morgan fingerprint density at radius 1 is 0.938 bits per heavy atom. The van der Waals surface area contributed by atoms with Crippen molar-refractivity contribution in [3.8, 4) is 11.5 Å². The zero-order valence-electron chi connectivity index (χ0n) is 18.4. The van der Waals surface area contributed by atoms with E-state index >= 15 is 0 Å². The molecule has 168 valence electrons. The van der Waals surface area contributed by atoms with Crippen LogP contribution in [0.5, 0.6) is 11.5 Å². The van der Waals surface area contributed by atoms with E-state index in [2.05, 4.69) is 33.9 Å². The molecule has 0 saturated heterocycles. The maximum atomic E-state index is 12.5. The minimum absolute atomic E-state index is 0.0298. The molecule has 0 bridgehead atoms. The van der Waals surface area contributed by atoms with Crippen LogP contribution in [0.2, 0.25) is 0 Å². The number of hydrogen-bond donors (Lipinski definition) is 1. The van der Waals surface area contributed by atoms with Crippen LogP contribution in [0.3, 0.4) is 0 Å². The summed E-state index contributed by atoms with van der Waals surface area (Å²) in [6.45, 7) is 3.80. The van der Waals surface area contributed by atoms with Crippen LogP contribution in [-0.4, -0.2) is 35.4 Å². The number of methoxy groups -OCH3 is 2. The predicted octanol–water partition coefficient (Wildman–Crippen LogP) is 4.04. The maximum absolute atomic E-state index is 12.5. The molecule has 32 heavy (non-hydrogen) atoms. The lowest BCUT2D eigenvalue weighted by Crippen LogP contribution is -2.21. The second-order valence-electron chi connectivity index (χ2n) is 6.96. The minimum Gasteiger partial charge on any atom is -0.493 e. The minimum atomic E-state index is -3.84. The van der Waals surface area contributed by atoms with Gasteiger partial charge < -0.3 is 14.4 Å².